The Morgan fingerprint density at radius 2 is 1.66 bits per heavy atom. The molecule has 0 saturated carbocycles. The summed E-state index contributed by atoms with van der Waals surface area (Å²) in [6, 6.07) is 26.1. The number of hydrogen-bond acceptors (Lipinski definition) is 4. The smallest absolute Gasteiger partial charge is 0.266 e. The fourth-order valence-corrected chi connectivity index (χ4v) is 3.11. The van der Waals surface area contributed by atoms with Crippen LogP contribution in [-0.2, 0) is 0 Å². The summed E-state index contributed by atoms with van der Waals surface area (Å²) in [5, 5.41) is 9.34. The Morgan fingerprint density at radius 3 is 2.48 bits per heavy atom. The second kappa shape index (κ2) is 8.24. The average molecular weight is 379 g/mol. The van der Waals surface area contributed by atoms with Crippen LogP contribution in [0.3, 0.4) is 0 Å². The highest BCUT2D eigenvalue weighted by Gasteiger charge is 2.11. The Bertz CT molecular complexity index is 1290. The molecule has 0 spiro atoms. The van der Waals surface area contributed by atoms with Crippen molar-refractivity contribution in [3.63, 3.8) is 0 Å². The van der Waals surface area contributed by atoms with E-state index in [1.807, 2.05) is 78.9 Å². The molecule has 0 saturated heterocycles. The van der Waals surface area contributed by atoms with Crippen molar-refractivity contribution in [3.8, 4) is 17.5 Å². The molecule has 0 aliphatic carbocycles. The minimum Gasteiger partial charge on any atom is -0.478 e. The van der Waals surface area contributed by atoms with E-state index in [1.165, 1.54) is 0 Å². The molecule has 0 unspecified atom stereocenters. The standard InChI is InChI=1S/C24H17N3O2/c25-16-17-29-22-13-7-4-8-18(22)14-15-23-26-21-12-6-5-11-20(21)24(28)27(23)19-9-2-1-3-10-19/h1-15H,17H2/b15-14+. The quantitative estimate of drug-likeness (QED) is 0.513. The lowest BCUT2D eigenvalue weighted by atomic mass is 10.1. The van der Waals surface area contributed by atoms with Gasteiger partial charge < -0.3 is 4.74 Å². The van der Waals surface area contributed by atoms with E-state index >= 15 is 0 Å². The van der Waals surface area contributed by atoms with Gasteiger partial charge in [-0.25, -0.2) is 4.98 Å². The molecule has 1 aromatic heterocycles. The van der Waals surface area contributed by atoms with Crippen LogP contribution in [0.15, 0.2) is 83.7 Å². The summed E-state index contributed by atoms with van der Waals surface area (Å²) in [6.07, 6.45) is 3.62. The molecule has 0 N–H and O–H groups in total. The minimum atomic E-state index is -0.129. The maximum absolute atomic E-state index is 13.2. The average Bonchev–Trinajstić information content (AvgIpc) is 2.77. The van der Waals surface area contributed by atoms with Crippen molar-refractivity contribution < 1.29 is 4.74 Å². The number of nitriles is 1. The van der Waals surface area contributed by atoms with E-state index in [1.54, 1.807) is 22.8 Å². The second-order valence-corrected chi connectivity index (χ2v) is 6.28. The molecule has 29 heavy (non-hydrogen) atoms. The van der Waals surface area contributed by atoms with E-state index in [9.17, 15) is 4.79 Å². The van der Waals surface area contributed by atoms with E-state index in [0.29, 0.717) is 22.5 Å². The van der Waals surface area contributed by atoms with Crippen LogP contribution in [0.5, 0.6) is 5.75 Å². The number of hydrogen-bond donors (Lipinski definition) is 0. The van der Waals surface area contributed by atoms with Crippen LogP contribution < -0.4 is 10.3 Å². The first-order valence-corrected chi connectivity index (χ1v) is 9.12. The van der Waals surface area contributed by atoms with Crippen LogP contribution in [0.25, 0.3) is 28.7 Å². The Morgan fingerprint density at radius 1 is 0.931 bits per heavy atom. The highest BCUT2D eigenvalue weighted by atomic mass is 16.5. The normalized spacial score (nSPS) is 10.9. The first kappa shape index (κ1) is 18.2. The van der Waals surface area contributed by atoms with Crippen molar-refractivity contribution in [2.24, 2.45) is 0 Å². The summed E-state index contributed by atoms with van der Waals surface area (Å²) < 4.78 is 7.08. The third-order valence-electron chi connectivity index (χ3n) is 4.44. The van der Waals surface area contributed by atoms with Crippen molar-refractivity contribution in [2.45, 2.75) is 0 Å². The van der Waals surface area contributed by atoms with E-state index in [0.717, 1.165) is 11.3 Å². The summed E-state index contributed by atoms with van der Waals surface area (Å²) in [6.45, 7) is -0.0339. The maximum atomic E-state index is 13.2. The van der Waals surface area contributed by atoms with Gasteiger partial charge in [0.1, 0.15) is 17.6 Å². The molecule has 4 rings (SSSR count). The molecule has 0 atom stereocenters. The molecular formula is C24H17N3O2. The molecule has 0 aliphatic heterocycles. The lowest BCUT2D eigenvalue weighted by molar-refractivity contribution is 0.367. The van der Waals surface area contributed by atoms with Crippen molar-refractivity contribution in [1.29, 1.82) is 5.26 Å². The Balaban J connectivity index is 1.87. The number of rotatable bonds is 5. The van der Waals surface area contributed by atoms with Gasteiger partial charge in [-0.2, -0.15) is 5.26 Å². The van der Waals surface area contributed by atoms with Crippen LogP contribution in [0, 0.1) is 11.3 Å². The number of benzene rings is 3. The first-order valence-electron chi connectivity index (χ1n) is 9.12. The number of para-hydroxylation sites is 3. The lowest BCUT2D eigenvalue weighted by Gasteiger charge is -2.11. The van der Waals surface area contributed by atoms with E-state index in [4.69, 9.17) is 15.0 Å². The predicted molar refractivity (Wildman–Crippen MR) is 114 cm³/mol. The van der Waals surface area contributed by atoms with Crippen LogP contribution >= 0.6 is 0 Å². The van der Waals surface area contributed by atoms with Crippen LogP contribution in [0.4, 0.5) is 0 Å². The van der Waals surface area contributed by atoms with Gasteiger partial charge in [0.2, 0.25) is 0 Å². The fourth-order valence-electron chi connectivity index (χ4n) is 3.11. The molecule has 0 aliphatic rings. The van der Waals surface area contributed by atoms with Gasteiger partial charge in [0.25, 0.3) is 5.56 Å². The number of aromatic nitrogens is 2. The first-order chi connectivity index (χ1) is 14.3. The van der Waals surface area contributed by atoms with Gasteiger partial charge in [-0.3, -0.25) is 9.36 Å². The SMILES string of the molecule is N#CCOc1ccccc1/C=C/c1nc2ccccc2c(=O)n1-c1ccccc1. The molecule has 0 amide bonds. The predicted octanol–water partition coefficient (Wildman–Crippen LogP) is 4.46. The van der Waals surface area contributed by atoms with Crippen molar-refractivity contribution in [3.05, 3.63) is 101 Å². The summed E-state index contributed by atoms with van der Waals surface area (Å²) in [5.74, 6) is 1.11. The molecule has 4 aromatic rings. The van der Waals surface area contributed by atoms with E-state index in [2.05, 4.69) is 0 Å². The third-order valence-corrected chi connectivity index (χ3v) is 4.44. The number of nitrogens with zero attached hydrogens (tertiary/aromatic N) is 3. The van der Waals surface area contributed by atoms with Gasteiger partial charge in [-0.1, -0.05) is 48.5 Å². The largest absolute Gasteiger partial charge is 0.478 e. The molecule has 3 aromatic carbocycles. The zero-order valence-corrected chi connectivity index (χ0v) is 15.5. The maximum Gasteiger partial charge on any atom is 0.266 e. The highest BCUT2D eigenvalue weighted by Crippen LogP contribution is 2.21. The minimum absolute atomic E-state index is 0.0339. The Hall–Kier alpha value is -4.17. The molecule has 5 nitrogen and oxygen atoms in total. The van der Waals surface area contributed by atoms with E-state index in [-0.39, 0.29) is 12.2 Å². The molecular weight excluding hydrogens is 362 g/mol. The van der Waals surface area contributed by atoms with Gasteiger partial charge >= 0.3 is 0 Å². The topological polar surface area (TPSA) is 67.9 Å². The molecule has 140 valence electrons. The van der Waals surface area contributed by atoms with Crippen LogP contribution in [0.2, 0.25) is 0 Å². The molecule has 1 heterocycles. The Labute approximate surface area is 167 Å². The number of fused-ring (bicyclic) bond motifs is 1. The lowest BCUT2D eigenvalue weighted by Crippen LogP contribution is -2.22. The summed E-state index contributed by atoms with van der Waals surface area (Å²) >= 11 is 0. The second-order valence-electron chi connectivity index (χ2n) is 6.28. The third kappa shape index (κ3) is 3.78. The van der Waals surface area contributed by atoms with Crippen molar-refractivity contribution in [1.82, 2.24) is 9.55 Å². The molecule has 0 bridgehead atoms. The zero-order chi connectivity index (χ0) is 20.1. The Kier molecular flexibility index (Phi) is 5.17. The molecule has 0 radical (unpaired) electrons. The van der Waals surface area contributed by atoms with Crippen LogP contribution in [-0.4, -0.2) is 16.2 Å². The summed E-state index contributed by atoms with van der Waals surface area (Å²) in [7, 11) is 0. The molecule has 5 heteroatoms. The van der Waals surface area contributed by atoms with Crippen LogP contribution in [0.1, 0.15) is 11.4 Å². The van der Waals surface area contributed by atoms with Gasteiger partial charge in [0.15, 0.2) is 6.61 Å². The van der Waals surface area contributed by atoms with E-state index < -0.39 is 0 Å². The number of ether oxygens (including phenoxy) is 1. The van der Waals surface area contributed by atoms with Gasteiger partial charge in [0.05, 0.1) is 16.6 Å². The van der Waals surface area contributed by atoms with Gasteiger partial charge in [0, 0.05) is 5.56 Å². The van der Waals surface area contributed by atoms with Crippen molar-refractivity contribution in [2.75, 3.05) is 6.61 Å². The van der Waals surface area contributed by atoms with Gasteiger partial charge in [-0.05, 0) is 42.5 Å². The highest BCUT2D eigenvalue weighted by molar-refractivity contribution is 5.80. The monoisotopic (exact) mass is 379 g/mol. The summed E-state index contributed by atoms with van der Waals surface area (Å²) in [4.78, 5) is 17.9. The summed E-state index contributed by atoms with van der Waals surface area (Å²) in [5.41, 5.74) is 2.04. The van der Waals surface area contributed by atoms with Gasteiger partial charge in [-0.15, -0.1) is 0 Å². The van der Waals surface area contributed by atoms with Crippen molar-refractivity contribution >= 4 is 23.1 Å². The molecule has 0 fully saturated rings. The fraction of sp³-hybridized carbons (Fsp3) is 0.0417. The zero-order valence-electron chi connectivity index (χ0n) is 15.5.